The molecule has 0 nitrogen and oxygen atoms in total. The van der Waals surface area contributed by atoms with Crippen LogP contribution in [-0.4, -0.2) is 0 Å². The van der Waals surface area contributed by atoms with Crippen LogP contribution in [0, 0.1) is 36.2 Å². The molecule has 0 saturated heterocycles. The fraction of sp³-hybridized carbons (Fsp3) is 0.500. The predicted octanol–water partition coefficient (Wildman–Crippen LogP) is -1.32. The molecule has 21 heavy (non-hydrogen) atoms. The number of hydrogen-bond donors (Lipinski definition) is 0. The molecule has 0 spiro atoms. The summed E-state index contributed by atoms with van der Waals surface area (Å²) in [6.07, 6.45) is 27.8. The monoisotopic (exact) mass is 366 g/mol. The molecule has 0 bridgehead atoms. The first-order chi connectivity index (χ1) is 8.95. The van der Waals surface area contributed by atoms with Gasteiger partial charge in [0.1, 0.15) is 0 Å². The van der Waals surface area contributed by atoms with Gasteiger partial charge in [0.2, 0.25) is 0 Å². The molecule has 0 amide bonds. The SMILES string of the molecule is C1=CC2[CH-]C3CCCCC3C2C=C1.[C-]1=CC=CC1.[F-].[F-].[Zr+4]. The Morgan fingerprint density at radius 2 is 1.71 bits per heavy atom. The Labute approximate surface area is 146 Å². The summed E-state index contributed by atoms with van der Waals surface area (Å²) < 4.78 is 0. The van der Waals surface area contributed by atoms with E-state index in [1.165, 1.54) is 25.7 Å². The van der Waals surface area contributed by atoms with Crippen LogP contribution >= 0.6 is 0 Å². The summed E-state index contributed by atoms with van der Waals surface area (Å²) in [4.78, 5) is 0. The molecule has 0 heterocycles. The first kappa shape index (κ1) is 20.7. The summed E-state index contributed by atoms with van der Waals surface area (Å²) in [5.41, 5.74) is 0. The average Bonchev–Trinajstić information content (AvgIpc) is 3.10. The van der Waals surface area contributed by atoms with E-state index in [4.69, 9.17) is 0 Å². The zero-order chi connectivity index (χ0) is 12.2. The van der Waals surface area contributed by atoms with Crippen LogP contribution in [0.2, 0.25) is 0 Å². The molecule has 0 aromatic heterocycles. The summed E-state index contributed by atoms with van der Waals surface area (Å²) in [5, 5.41) is 0. The quantitative estimate of drug-likeness (QED) is 0.466. The Bertz CT molecular complexity index is 388. The molecule has 2 saturated carbocycles. The van der Waals surface area contributed by atoms with Crippen LogP contribution in [0.3, 0.4) is 0 Å². The van der Waals surface area contributed by atoms with E-state index in [-0.39, 0.29) is 35.6 Å². The smallest absolute Gasteiger partial charge is 1.00 e. The normalized spacial score (nSPS) is 33.5. The molecular weight excluding hydrogens is 345 g/mol. The maximum absolute atomic E-state index is 2.99. The number of hydrogen-bond acceptors (Lipinski definition) is 0. The standard InChI is InChI=1S/C13H17.C5H5.2FH.Zr/c1-3-7-12-10(5-1)9-11-6-2-4-8-13(11)12;1-2-4-5-3-1;;;/h1,3,5,7,9-13H,2,4,6,8H2;1-3H,4H2;2*1H;/q2*-1;;;+4/p-2. The van der Waals surface area contributed by atoms with Crippen LogP contribution in [-0.2, 0) is 26.2 Å². The van der Waals surface area contributed by atoms with Crippen molar-refractivity contribution in [3.8, 4) is 0 Å². The van der Waals surface area contributed by atoms with Crippen molar-refractivity contribution in [3.63, 3.8) is 0 Å². The Kier molecular flexibility index (Phi) is 10.3. The zero-order valence-electron chi connectivity index (χ0n) is 12.2. The van der Waals surface area contributed by atoms with Gasteiger partial charge < -0.3 is 15.8 Å². The van der Waals surface area contributed by atoms with Gasteiger partial charge in [0.15, 0.2) is 0 Å². The van der Waals surface area contributed by atoms with Gasteiger partial charge in [0.05, 0.1) is 0 Å². The van der Waals surface area contributed by atoms with E-state index in [1.54, 1.807) is 0 Å². The van der Waals surface area contributed by atoms with Crippen molar-refractivity contribution < 1.29 is 35.6 Å². The molecule has 0 radical (unpaired) electrons. The summed E-state index contributed by atoms with van der Waals surface area (Å²) in [6, 6.07) is 0. The third-order valence-corrected chi connectivity index (χ3v) is 4.65. The van der Waals surface area contributed by atoms with Crippen molar-refractivity contribution in [2.24, 2.45) is 23.7 Å². The van der Waals surface area contributed by atoms with Gasteiger partial charge in [-0.15, -0.1) is 18.4 Å². The third kappa shape index (κ3) is 5.13. The van der Waals surface area contributed by atoms with Crippen LogP contribution in [0.15, 0.2) is 42.5 Å². The molecule has 4 unspecified atom stereocenters. The van der Waals surface area contributed by atoms with Gasteiger partial charge in [-0.05, 0) is 5.92 Å². The fourth-order valence-corrected chi connectivity index (χ4v) is 3.79. The van der Waals surface area contributed by atoms with Crippen molar-refractivity contribution in [1.29, 1.82) is 0 Å². The van der Waals surface area contributed by atoms with Gasteiger partial charge in [-0.25, -0.2) is 12.2 Å². The molecule has 0 aliphatic heterocycles. The van der Waals surface area contributed by atoms with E-state index in [0.717, 1.165) is 30.1 Å². The largest absolute Gasteiger partial charge is 4.00 e. The average molecular weight is 368 g/mol. The topological polar surface area (TPSA) is 0 Å². The van der Waals surface area contributed by atoms with Crippen molar-refractivity contribution in [2.45, 2.75) is 32.1 Å². The molecule has 0 aromatic carbocycles. The van der Waals surface area contributed by atoms with E-state index in [0.29, 0.717) is 0 Å². The molecular formula is C18H22F2Zr. The minimum Gasteiger partial charge on any atom is -1.00 e. The van der Waals surface area contributed by atoms with Gasteiger partial charge in [-0.3, -0.25) is 6.08 Å². The van der Waals surface area contributed by atoms with Gasteiger partial charge >= 0.3 is 26.2 Å². The molecule has 112 valence electrons. The van der Waals surface area contributed by atoms with Crippen LogP contribution in [0.5, 0.6) is 0 Å². The molecule has 4 aliphatic rings. The Morgan fingerprint density at radius 3 is 2.38 bits per heavy atom. The minimum absolute atomic E-state index is 0. The summed E-state index contributed by atoms with van der Waals surface area (Å²) in [5.74, 6) is 3.56. The van der Waals surface area contributed by atoms with Crippen molar-refractivity contribution >= 4 is 0 Å². The van der Waals surface area contributed by atoms with Crippen molar-refractivity contribution in [1.82, 2.24) is 0 Å². The second-order valence-corrected chi connectivity index (χ2v) is 5.73. The molecule has 4 atom stereocenters. The maximum Gasteiger partial charge on any atom is 4.00 e. The zero-order valence-corrected chi connectivity index (χ0v) is 14.7. The van der Waals surface area contributed by atoms with E-state index >= 15 is 0 Å². The van der Waals surface area contributed by atoms with E-state index in [1.807, 2.05) is 12.2 Å². The first-order valence-corrected chi connectivity index (χ1v) is 7.37. The summed E-state index contributed by atoms with van der Waals surface area (Å²) >= 11 is 0. The number of rotatable bonds is 0. The molecule has 4 aliphatic carbocycles. The summed E-state index contributed by atoms with van der Waals surface area (Å²) in [7, 11) is 0. The van der Waals surface area contributed by atoms with Gasteiger partial charge in [0, 0.05) is 0 Å². The first-order valence-electron chi connectivity index (χ1n) is 7.37. The number of fused-ring (bicyclic) bond motifs is 3. The second-order valence-electron chi connectivity index (χ2n) is 5.73. The predicted molar refractivity (Wildman–Crippen MR) is 76.6 cm³/mol. The number of allylic oxidation sites excluding steroid dienone is 8. The Morgan fingerprint density at radius 1 is 0.952 bits per heavy atom. The van der Waals surface area contributed by atoms with Crippen LogP contribution in [0.25, 0.3) is 0 Å². The maximum atomic E-state index is 2.99. The van der Waals surface area contributed by atoms with Crippen LogP contribution in [0.4, 0.5) is 0 Å². The molecule has 2 fully saturated rings. The Balaban J connectivity index is 0.000000437. The Hall–Kier alpha value is -0.297. The molecule has 3 heteroatoms. The van der Waals surface area contributed by atoms with E-state index in [9.17, 15) is 0 Å². The summed E-state index contributed by atoms with van der Waals surface area (Å²) in [6.45, 7) is 0. The second kappa shape index (κ2) is 10.4. The van der Waals surface area contributed by atoms with Gasteiger partial charge in [-0.1, -0.05) is 49.8 Å². The van der Waals surface area contributed by atoms with Crippen LogP contribution in [0.1, 0.15) is 32.1 Å². The third-order valence-electron chi connectivity index (χ3n) is 4.65. The molecule has 0 N–H and O–H groups in total. The van der Waals surface area contributed by atoms with E-state index in [2.05, 4.69) is 42.9 Å². The van der Waals surface area contributed by atoms with Crippen LogP contribution < -0.4 is 9.41 Å². The molecule has 4 rings (SSSR count). The fourth-order valence-electron chi connectivity index (χ4n) is 3.79. The van der Waals surface area contributed by atoms with Gasteiger partial charge in [-0.2, -0.15) is 12.0 Å². The minimum atomic E-state index is 0. The van der Waals surface area contributed by atoms with E-state index < -0.39 is 0 Å². The number of halogens is 2. The van der Waals surface area contributed by atoms with Crippen molar-refractivity contribution in [2.75, 3.05) is 0 Å². The van der Waals surface area contributed by atoms with Crippen molar-refractivity contribution in [3.05, 3.63) is 55.0 Å². The van der Waals surface area contributed by atoms with Gasteiger partial charge in [0.25, 0.3) is 0 Å². The molecule has 0 aromatic rings.